The van der Waals surface area contributed by atoms with E-state index in [2.05, 4.69) is 15.6 Å². The number of carbonyl (C=O) groups is 1. The topological polar surface area (TPSA) is 113 Å². The van der Waals surface area contributed by atoms with Crippen molar-refractivity contribution in [3.63, 3.8) is 0 Å². The molecule has 1 aromatic carbocycles. The molecule has 4 N–H and O–H groups in total. The number of hydrogen-bond donors (Lipinski definition) is 4. The third-order valence-corrected chi connectivity index (χ3v) is 5.09. The van der Waals surface area contributed by atoms with Gasteiger partial charge in [-0.25, -0.2) is 4.98 Å². The van der Waals surface area contributed by atoms with Crippen LogP contribution in [-0.2, 0) is 4.79 Å². The number of rotatable bonds is 5. The number of nitrogens with zero attached hydrogens (tertiary/aromatic N) is 1. The van der Waals surface area contributed by atoms with Gasteiger partial charge in [0.1, 0.15) is 5.82 Å². The summed E-state index contributed by atoms with van der Waals surface area (Å²) in [7, 11) is 2.78. The number of nitrogens with one attached hydrogen (secondary N) is 2. The van der Waals surface area contributed by atoms with E-state index in [1.54, 1.807) is 6.07 Å². The molecule has 1 amide bonds. The molecule has 9 heteroatoms. The van der Waals surface area contributed by atoms with E-state index in [0.717, 1.165) is 4.88 Å². The van der Waals surface area contributed by atoms with Gasteiger partial charge in [-0.3, -0.25) is 4.79 Å². The van der Waals surface area contributed by atoms with Crippen LogP contribution in [0, 0.1) is 0 Å². The van der Waals surface area contributed by atoms with Crippen LogP contribution >= 0.6 is 11.3 Å². The fourth-order valence-corrected chi connectivity index (χ4v) is 3.97. The van der Waals surface area contributed by atoms with E-state index in [1.807, 2.05) is 6.92 Å². The first-order valence-electron chi connectivity index (χ1n) is 7.71. The van der Waals surface area contributed by atoms with Gasteiger partial charge in [0.2, 0.25) is 17.4 Å². The number of carbonyl (C=O) groups excluding carboxylic acids is 1. The molecule has 0 radical (unpaired) electrons. The average molecular weight is 365 g/mol. The first-order valence-corrected chi connectivity index (χ1v) is 8.53. The highest BCUT2D eigenvalue weighted by molar-refractivity contribution is 7.16. The largest absolute Gasteiger partial charge is 0.502 e. The predicted molar refractivity (Wildman–Crippen MR) is 94.2 cm³/mol. The lowest BCUT2D eigenvalue weighted by atomic mass is 9.90. The number of ether oxygens (including phenoxy) is 2. The molecule has 0 fully saturated rings. The number of methoxy groups -OCH3 is 2. The Labute approximate surface area is 148 Å². The van der Waals surface area contributed by atoms with Crippen molar-refractivity contribution in [2.75, 3.05) is 31.4 Å². The summed E-state index contributed by atoms with van der Waals surface area (Å²) in [6.07, 6.45) is 0.171. The summed E-state index contributed by atoms with van der Waals surface area (Å²) in [4.78, 5) is 17.4. The van der Waals surface area contributed by atoms with Crippen molar-refractivity contribution in [2.24, 2.45) is 0 Å². The Morgan fingerprint density at radius 1 is 1.36 bits per heavy atom. The van der Waals surface area contributed by atoms with Crippen molar-refractivity contribution in [3.8, 4) is 23.0 Å². The molecule has 0 saturated heterocycles. The SMILES string of the molecule is CCNc1nc2c(s1)C(c1cc(OC)c(O)c(O)c1OC)CC(=O)N2. The second-order valence-corrected chi connectivity index (χ2v) is 6.50. The summed E-state index contributed by atoms with van der Waals surface area (Å²) in [6, 6.07) is 1.58. The minimum atomic E-state index is -0.416. The molecule has 2 heterocycles. The Morgan fingerprint density at radius 2 is 2.12 bits per heavy atom. The molecule has 1 aromatic heterocycles. The lowest BCUT2D eigenvalue weighted by Gasteiger charge is -2.24. The summed E-state index contributed by atoms with van der Waals surface area (Å²) >= 11 is 1.43. The number of aromatic nitrogens is 1. The average Bonchev–Trinajstić information content (AvgIpc) is 2.99. The van der Waals surface area contributed by atoms with Crippen LogP contribution in [0.25, 0.3) is 0 Å². The molecule has 25 heavy (non-hydrogen) atoms. The molecule has 134 valence electrons. The van der Waals surface area contributed by atoms with Crippen molar-refractivity contribution >= 4 is 28.2 Å². The molecule has 0 aliphatic carbocycles. The van der Waals surface area contributed by atoms with E-state index < -0.39 is 11.5 Å². The standard InChI is InChI=1S/C16H19N3O5S/c1-4-17-16-19-15-14(25-16)8(6-10(20)18-15)7-5-9(23-2)11(21)12(22)13(7)24-3/h5,8,21-22H,4,6H2,1-3H3,(H,17,19)(H,18,20). The maximum Gasteiger partial charge on any atom is 0.226 e. The number of aromatic hydroxyl groups is 2. The number of thiazole rings is 1. The molecule has 0 saturated carbocycles. The second-order valence-electron chi connectivity index (χ2n) is 5.47. The Balaban J connectivity index is 2.17. The quantitative estimate of drug-likeness (QED) is 0.602. The van der Waals surface area contributed by atoms with Gasteiger partial charge in [0, 0.05) is 24.4 Å². The monoisotopic (exact) mass is 365 g/mol. The zero-order valence-electron chi connectivity index (χ0n) is 14.0. The van der Waals surface area contributed by atoms with Gasteiger partial charge >= 0.3 is 0 Å². The van der Waals surface area contributed by atoms with Gasteiger partial charge in [-0.1, -0.05) is 11.3 Å². The molecule has 1 unspecified atom stereocenters. The molecule has 3 rings (SSSR count). The van der Waals surface area contributed by atoms with Gasteiger partial charge in [-0.15, -0.1) is 0 Å². The predicted octanol–water partition coefficient (Wildman–Crippen LogP) is 2.48. The number of fused-ring (bicyclic) bond motifs is 1. The Bertz CT molecular complexity index is 821. The summed E-state index contributed by atoms with van der Waals surface area (Å²) in [5, 5.41) is 26.8. The minimum Gasteiger partial charge on any atom is -0.502 e. The Morgan fingerprint density at radius 3 is 2.76 bits per heavy atom. The zero-order chi connectivity index (χ0) is 18.1. The molecule has 0 spiro atoms. The first-order chi connectivity index (χ1) is 12.0. The lowest BCUT2D eigenvalue weighted by Crippen LogP contribution is -2.23. The van der Waals surface area contributed by atoms with Crippen LogP contribution in [0.3, 0.4) is 0 Å². The molecule has 2 aromatic rings. The summed E-state index contributed by atoms with van der Waals surface area (Å²) < 4.78 is 10.4. The van der Waals surface area contributed by atoms with Crippen molar-refractivity contribution in [1.29, 1.82) is 0 Å². The highest BCUT2D eigenvalue weighted by atomic mass is 32.1. The van der Waals surface area contributed by atoms with Gasteiger partial charge < -0.3 is 30.3 Å². The highest BCUT2D eigenvalue weighted by Gasteiger charge is 2.34. The number of phenols is 2. The minimum absolute atomic E-state index is 0.109. The molecule has 1 aliphatic rings. The van der Waals surface area contributed by atoms with Crippen molar-refractivity contribution in [1.82, 2.24) is 4.98 Å². The smallest absolute Gasteiger partial charge is 0.226 e. The molecule has 0 bridgehead atoms. The number of anilines is 2. The van der Waals surface area contributed by atoms with Gasteiger partial charge in [0.15, 0.2) is 16.6 Å². The molecule has 1 aliphatic heterocycles. The van der Waals surface area contributed by atoms with E-state index in [0.29, 0.717) is 23.1 Å². The van der Waals surface area contributed by atoms with E-state index in [4.69, 9.17) is 9.47 Å². The van der Waals surface area contributed by atoms with Crippen LogP contribution < -0.4 is 20.1 Å². The van der Waals surface area contributed by atoms with Gasteiger partial charge in [-0.05, 0) is 13.0 Å². The summed E-state index contributed by atoms with van der Waals surface area (Å²) in [6.45, 7) is 2.67. The summed E-state index contributed by atoms with van der Waals surface area (Å²) in [5.41, 5.74) is 0.553. The number of amides is 1. The van der Waals surface area contributed by atoms with Crippen molar-refractivity contribution < 1.29 is 24.5 Å². The van der Waals surface area contributed by atoms with Crippen LogP contribution in [0.5, 0.6) is 23.0 Å². The van der Waals surface area contributed by atoms with Gasteiger partial charge in [0.25, 0.3) is 0 Å². The van der Waals surface area contributed by atoms with E-state index in [9.17, 15) is 15.0 Å². The zero-order valence-corrected chi connectivity index (χ0v) is 14.9. The van der Waals surface area contributed by atoms with Crippen molar-refractivity contribution in [3.05, 3.63) is 16.5 Å². The second kappa shape index (κ2) is 6.67. The number of phenolic OH excluding ortho intramolecular Hbond substituents is 2. The Kier molecular flexibility index (Phi) is 4.58. The number of hydrogen-bond acceptors (Lipinski definition) is 8. The fourth-order valence-electron chi connectivity index (χ4n) is 2.86. The van der Waals surface area contributed by atoms with E-state index in [-0.39, 0.29) is 29.7 Å². The molecular weight excluding hydrogens is 346 g/mol. The maximum atomic E-state index is 12.1. The van der Waals surface area contributed by atoms with Crippen LogP contribution in [0.2, 0.25) is 0 Å². The van der Waals surface area contributed by atoms with Crippen molar-refractivity contribution in [2.45, 2.75) is 19.3 Å². The molecule has 1 atom stereocenters. The fraction of sp³-hybridized carbons (Fsp3) is 0.375. The van der Waals surface area contributed by atoms with Gasteiger partial charge in [0.05, 0.1) is 19.1 Å². The first kappa shape index (κ1) is 17.2. The highest BCUT2D eigenvalue weighted by Crippen LogP contribution is 2.52. The van der Waals surface area contributed by atoms with E-state index in [1.165, 1.54) is 25.6 Å². The van der Waals surface area contributed by atoms with Crippen LogP contribution in [0.15, 0.2) is 6.07 Å². The van der Waals surface area contributed by atoms with Gasteiger partial charge in [-0.2, -0.15) is 0 Å². The summed E-state index contributed by atoms with van der Waals surface area (Å²) in [5.74, 6) is -0.652. The van der Waals surface area contributed by atoms with E-state index >= 15 is 0 Å². The Hall–Kier alpha value is -2.68. The maximum absolute atomic E-state index is 12.1. The van der Waals surface area contributed by atoms with Crippen LogP contribution in [0.1, 0.15) is 29.7 Å². The normalized spacial score (nSPS) is 16.1. The third kappa shape index (κ3) is 2.91. The number of benzene rings is 1. The van der Waals surface area contributed by atoms with Crippen LogP contribution in [-0.4, -0.2) is 41.9 Å². The lowest BCUT2D eigenvalue weighted by molar-refractivity contribution is -0.116. The molecule has 8 nitrogen and oxygen atoms in total. The van der Waals surface area contributed by atoms with Crippen LogP contribution in [0.4, 0.5) is 10.9 Å². The third-order valence-electron chi connectivity index (χ3n) is 3.97. The molecular formula is C16H19N3O5S.